The molecule has 0 spiro atoms. The Bertz CT molecular complexity index is 386. The van der Waals surface area contributed by atoms with Gasteiger partial charge in [-0.3, -0.25) is 4.79 Å². The van der Waals surface area contributed by atoms with Crippen molar-refractivity contribution in [3.8, 4) is 0 Å². The van der Waals surface area contributed by atoms with Crippen molar-refractivity contribution < 1.29 is 23.0 Å². The van der Waals surface area contributed by atoms with E-state index < -0.39 is 23.7 Å². The second-order valence-corrected chi connectivity index (χ2v) is 3.07. The van der Waals surface area contributed by atoms with Gasteiger partial charge in [0.2, 0.25) is 12.1 Å². The van der Waals surface area contributed by atoms with Crippen LogP contribution in [0.4, 0.5) is 8.78 Å². The van der Waals surface area contributed by atoms with Gasteiger partial charge in [0, 0.05) is 5.56 Å². The topological polar surface area (TPSA) is 35.5 Å². The van der Waals surface area contributed by atoms with Crippen molar-refractivity contribution in [1.29, 1.82) is 0 Å². The van der Waals surface area contributed by atoms with Gasteiger partial charge in [-0.15, -0.1) is 0 Å². The number of carbonyl (C=O) groups excluding carboxylic acids is 1. The van der Waals surface area contributed by atoms with Crippen LogP contribution in [-0.4, -0.2) is 25.3 Å². The van der Waals surface area contributed by atoms with Crippen LogP contribution in [0.5, 0.6) is 0 Å². The van der Waals surface area contributed by atoms with Gasteiger partial charge in [0.1, 0.15) is 0 Å². The molecular formula is C10H8F2O3. The maximum atomic E-state index is 12.8. The molecule has 0 amide bonds. The number of benzene rings is 1. The second kappa shape index (κ2) is 4.04. The summed E-state index contributed by atoms with van der Waals surface area (Å²) in [5.74, 6) is -2.54. The molecule has 1 heterocycles. The van der Waals surface area contributed by atoms with Crippen molar-refractivity contribution in [3.05, 3.63) is 35.4 Å². The molecule has 1 aliphatic rings. The zero-order valence-corrected chi connectivity index (χ0v) is 7.70. The van der Waals surface area contributed by atoms with Crippen LogP contribution >= 0.6 is 0 Å². The van der Waals surface area contributed by atoms with Crippen molar-refractivity contribution in [3.63, 3.8) is 0 Å². The minimum atomic E-state index is -1.06. The largest absolute Gasteiger partial charge is 0.343 e. The van der Waals surface area contributed by atoms with Crippen LogP contribution in [0.25, 0.3) is 0 Å². The van der Waals surface area contributed by atoms with Crippen LogP contribution in [0.1, 0.15) is 10.4 Å². The van der Waals surface area contributed by atoms with Gasteiger partial charge in [-0.25, -0.2) is 8.78 Å². The van der Waals surface area contributed by atoms with E-state index in [2.05, 4.69) is 0 Å². The van der Waals surface area contributed by atoms with E-state index in [1.54, 1.807) is 0 Å². The molecule has 1 fully saturated rings. The third-order valence-corrected chi connectivity index (χ3v) is 2.04. The van der Waals surface area contributed by atoms with Crippen molar-refractivity contribution in [1.82, 2.24) is 0 Å². The lowest BCUT2D eigenvalue weighted by atomic mass is 10.1. The molecule has 5 heteroatoms. The van der Waals surface area contributed by atoms with Crippen LogP contribution < -0.4 is 0 Å². The third kappa shape index (κ3) is 2.03. The number of carbonyl (C=O) groups is 1. The van der Waals surface area contributed by atoms with Crippen molar-refractivity contribution in [2.24, 2.45) is 0 Å². The van der Waals surface area contributed by atoms with Gasteiger partial charge in [0.25, 0.3) is 0 Å². The van der Waals surface area contributed by atoms with Gasteiger partial charge < -0.3 is 9.47 Å². The van der Waals surface area contributed by atoms with Gasteiger partial charge in [-0.1, -0.05) is 0 Å². The van der Waals surface area contributed by atoms with Crippen molar-refractivity contribution >= 4 is 5.78 Å². The van der Waals surface area contributed by atoms with E-state index in [0.29, 0.717) is 13.2 Å². The lowest BCUT2D eigenvalue weighted by Crippen LogP contribution is -2.21. The predicted octanol–water partition coefficient (Wildman–Crippen LogP) is 1.52. The Morgan fingerprint density at radius 2 is 1.87 bits per heavy atom. The highest BCUT2D eigenvalue weighted by Gasteiger charge is 2.26. The summed E-state index contributed by atoms with van der Waals surface area (Å²) in [6.45, 7) is 0.667. The molecule has 3 nitrogen and oxygen atoms in total. The lowest BCUT2D eigenvalue weighted by molar-refractivity contribution is -0.0214. The van der Waals surface area contributed by atoms with Crippen molar-refractivity contribution in [2.75, 3.05) is 13.2 Å². The molecule has 0 N–H and O–H groups in total. The number of halogens is 2. The monoisotopic (exact) mass is 214 g/mol. The van der Waals surface area contributed by atoms with Crippen LogP contribution in [0.15, 0.2) is 18.2 Å². The van der Waals surface area contributed by atoms with E-state index in [1.165, 1.54) is 6.07 Å². The summed E-state index contributed by atoms with van der Waals surface area (Å²) < 4.78 is 35.3. The minimum absolute atomic E-state index is 0.0424. The number of rotatable bonds is 2. The maximum Gasteiger partial charge on any atom is 0.222 e. The fourth-order valence-corrected chi connectivity index (χ4v) is 1.30. The highest BCUT2D eigenvalue weighted by molar-refractivity contribution is 5.98. The van der Waals surface area contributed by atoms with E-state index in [4.69, 9.17) is 9.47 Å². The highest BCUT2D eigenvalue weighted by atomic mass is 19.2. The zero-order chi connectivity index (χ0) is 10.8. The van der Waals surface area contributed by atoms with E-state index >= 15 is 0 Å². The molecule has 0 radical (unpaired) electrons. The smallest absolute Gasteiger partial charge is 0.222 e. The van der Waals surface area contributed by atoms with Gasteiger partial charge in [0.05, 0.1) is 13.2 Å². The van der Waals surface area contributed by atoms with E-state index in [9.17, 15) is 13.6 Å². The molecule has 0 aliphatic carbocycles. The first-order valence-corrected chi connectivity index (χ1v) is 4.41. The molecule has 0 aromatic heterocycles. The molecule has 0 unspecified atom stereocenters. The normalized spacial score (nSPS) is 16.9. The molecule has 1 aromatic rings. The quantitative estimate of drug-likeness (QED) is 0.700. The maximum absolute atomic E-state index is 12.8. The van der Waals surface area contributed by atoms with E-state index in [1.807, 2.05) is 0 Å². The molecule has 1 aliphatic heterocycles. The summed E-state index contributed by atoms with van der Waals surface area (Å²) in [6.07, 6.45) is -0.991. The summed E-state index contributed by atoms with van der Waals surface area (Å²) in [6, 6.07) is 2.94. The molecule has 80 valence electrons. The van der Waals surface area contributed by atoms with Gasteiger partial charge in [-0.2, -0.15) is 0 Å². The van der Waals surface area contributed by atoms with E-state index in [0.717, 1.165) is 12.1 Å². The Labute approximate surface area is 84.6 Å². The molecule has 15 heavy (non-hydrogen) atoms. The molecule has 0 saturated carbocycles. The average Bonchev–Trinajstić information content (AvgIpc) is 2.74. The van der Waals surface area contributed by atoms with Crippen LogP contribution in [0.2, 0.25) is 0 Å². The number of hydrogen-bond acceptors (Lipinski definition) is 3. The Morgan fingerprint density at radius 3 is 2.47 bits per heavy atom. The minimum Gasteiger partial charge on any atom is -0.343 e. The Hall–Kier alpha value is -1.33. The Balaban J connectivity index is 2.21. The molecular weight excluding hydrogens is 206 g/mol. The van der Waals surface area contributed by atoms with E-state index in [-0.39, 0.29) is 5.56 Å². The first-order valence-electron chi connectivity index (χ1n) is 4.41. The first-order chi connectivity index (χ1) is 7.18. The summed E-state index contributed by atoms with van der Waals surface area (Å²) in [7, 11) is 0. The van der Waals surface area contributed by atoms with Crippen molar-refractivity contribution in [2.45, 2.75) is 6.29 Å². The number of ether oxygens (including phenoxy) is 2. The lowest BCUT2D eigenvalue weighted by Gasteiger charge is -2.07. The van der Waals surface area contributed by atoms with Crippen LogP contribution in [-0.2, 0) is 9.47 Å². The van der Waals surface area contributed by atoms with Gasteiger partial charge in [-0.05, 0) is 18.2 Å². The summed E-state index contributed by atoms with van der Waals surface area (Å²) in [5.41, 5.74) is 0.0424. The second-order valence-electron chi connectivity index (χ2n) is 3.07. The van der Waals surface area contributed by atoms with Crippen LogP contribution in [0.3, 0.4) is 0 Å². The standard InChI is InChI=1S/C10H8F2O3/c11-7-2-1-6(5-8(7)12)9(13)10-14-3-4-15-10/h1-2,5,10H,3-4H2. The fraction of sp³-hybridized carbons (Fsp3) is 0.300. The molecule has 1 saturated heterocycles. The molecule has 1 aromatic carbocycles. The Kier molecular flexibility index (Phi) is 2.75. The summed E-state index contributed by atoms with van der Waals surface area (Å²) in [5, 5.41) is 0. The Morgan fingerprint density at radius 1 is 1.20 bits per heavy atom. The zero-order valence-electron chi connectivity index (χ0n) is 7.70. The average molecular weight is 214 g/mol. The molecule has 2 rings (SSSR count). The first kappa shape index (κ1) is 10.2. The SMILES string of the molecule is O=C(c1ccc(F)c(F)c1)C1OCCO1. The number of hydrogen-bond donors (Lipinski definition) is 0. The number of Topliss-reactive ketones (excluding diaryl/α,β-unsaturated/α-hetero) is 1. The third-order valence-electron chi connectivity index (χ3n) is 2.04. The molecule has 0 atom stereocenters. The van der Waals surface area contributed by atoms with Gasteiger partial charge in [0.15, 0.2) is 11.6 Å². The summed E-state index contributed by atoms with van der Waals surface area (Å²) in [4.78, 5) is 11.6. The molecule has 0 bridgehead atoms. The highest BCUT2D eigenvalue weighted by Crippen LogP contribution is 2.14. The van der Waals surface area contributed by atoms with Gasteiger partial charge >= 0.3 is 0 Å². The van der Waals surface area contributed by atoms with Crippen LogP contribution in [0, 0.1) is 11.6 Å². The fourth-order valence-electron chi connectivity index (χ4n) is 1.30. The number of ketones is 1. The predicted molar refractivity (Wildman–Crippen MR) is 46.4 cm³/mol. The summed E-state index contributed by atoms with van der Waals surface area (Å²) >= 11 is 0.